The van der Waals surface area contributed by atoms with Gasteiger partial charge in [-0.15, -0.1) is 0 Å². The minimum atomic E-state index is 0.355. The number of aromatic nitrogens is 2. The molecule has 0 saturated heterocycles. The Balaban J connectivity index is 2.66. The molecular formula is C12H15N3O. The topological polar surface area (TPSA) is 74.9 Å². The molecule has 0 radical (unpaired) electrons. The van der Waals surface area contributed by atoms with Gasteiger partial charge < -0.3 is 10.8 Å². The van der Waals surface area contributed by atoms with Crippen LogP contribution in [0.1, 0.15) is 16.7 Å². The van der Waals surface area contributed by atoms with Crippen LogP contribution in [0.2, 0.25) is 0 Å². The van der Waals surface area contributed by atoms with Gasteiger partial charge in [0, 0.05) is 11.6 Å². The number of nitrogens with one attached hydrogen (secondary N) is 1. The third-order valence-electron chi connectivity index (χ3n) is 2.94. The smallest absolute Gasteiger partial charge is 0.145 e. The van der Waals surface area contributed by atoms with E-state index in [1.165, 1.54) is 0 Å². The summed E-state index contributed by atoms with van der Waals surface area (Å²) in [5.41, 5.74) is 10.3. The first-order valence-electron chi connectivity index (χ1n) is 5.11. The van der Waals surface area contributed by atoms with E-state index in [9.17, 15) is 5.11 Å². The lowest BCUT2D eigenvalue weighted by Crippen LogP contribution is -1.91. The van der Waals surface area contributed by atoms with Crippen LogP contribution in [0.4, 0.5) is 5.82 Å². The minimum absolute atomic E-state index is 0.355. The Labute approximate surface area is 94.1 Å². The summed E-state index contributed by atoms with van der Waals surface area (Å²) in [6, 6.07) is 3.73. The van der Waals surface area contributed by atoms with Crippen molar-refractivity contribution in [3.05, 3.63) is 28.8 Å². The van der Waals surface area contributed by atoms with Gasteiger partial charge in [-0.3, -0.25) is 5.10 Å². The number of hydrogen-bond donors (Lipinski definition) is 3. The standard InChI is InChI=1S/C12H15N3O/c1-6-4-9(7(2)8(3)12(6)16)10-5-11(13)15-14-10/h4-5,16H,1-3H3,(H3,13,14,15). The van der Waals surface area contributed by atoms with E-state index < -0.39 is 0 Å². The molecule has 2 aromatic rings. The Kier molecular flexibility index (Phi) is 2.34. The number of anilines is 1. The van der Waals surface area contributed by atoms with E-state index in [1.54, 1.807) is 6.07 Å². The zero-order chi connectivity index (χ0) is 11.9. The van der Waals surface area contributed by atoms with Crippen LogP contribution in [-0.2, 0) is 0 Å². The Morgan fingerprint density at radius 3 is 2.44 bits per heavy atom. The molecule has 4 heteroatoms. The van der Waals surface area contributed by atoms with E-state index in [1.807, 2.05) is 26.8 Å². The van der Waals surface area contributed by atoms with Crippen LogP contribution >= 0.6 is 0 Å². The van der Waals surface area contributed by atoms with Crippen molar-refractivity contribution in [1.82, 2.24) is 10.2 Å². The summed E-state index contributed by atoms with van der Waals surface area (Å²) in [4.78, 5) is 0. The third kappa shape index (κ3) is 1.52. The predicted octanol–water partition coefficient (Wildman–Crippen LogP) is 2.29. The van der Waals surface area contributed by atoms with Crippen LogP contribution in [0, 0.1) is 20.8 Å². The van der Waals surface area contributed by atoms with Crippen molar-refractivity contribution in [3.63, 3.8) is 0 Å². The number of nitrogens with zero attached hydrogens (tertiary/aromatic N) is 1. The van der Waals surface area contributed by atoms with Crippen molar-refractivity contribution < 1.29 is 5.11 Å². The van der Waals surface area contributed by atoms with Crippen LogP contribution in [0.15, 0.2) is 12.1 Å². The van der Waals surface area contributed by atoms with Gasteiger partial charge >= 0.3 is 0 Å². The maximum absolute atomic E-state index is 9.81. The van der Waals surface area contributed by atoms with Gasteiger partial charge in [-0.05, 0) is 43.5 Å². The largest absolute Gasteiger partial charge is 0.507 e. The lowest BCUT2D eigenvalue weighted by atomic mass is 9.97. The zero-order valence-corrected chi connectivity index (χ0v) is 9.63. The van der Waals surface area contributed by atoms with Crippen LogP contribution in [0.3, 0.4) is 0 Å². The highest BCUT2D eigenvalue weighted by Gasteiger charge is 2.12. The number of phenolic OH excluding ortho intramolecular Hbond substituents is 1. The molecule has 0 spiro atoms. The molecule has 1 aromatic carbocycles. The van der Waals surface area contributed by atoms with Crippen molar-refractivity contribution in [2.75, 3.05) is 5.73 Å². The minimum Gasteiger partial charge on any atom is -0.507 e. The summed E-state index contributed by atoms with van der Waals surface area (Å²) in [6.45, 7) is 5.76. The molecular weight excluding hydrogens is 202 g/mol. The second kappa shape index (κ2) is 3.56. The van der Waals surface area contributed by atoms with Crippen LogP contribution in [-0.4, -0.2) is 15.3 Å². The number of rotatable bonds is 1. The Morgan fingerprint density at radius 1 is 1.19 bits per heavy atom. The van der Waals surface area contributed by atoms with Crippen LogP contribution in [0.5, 0.6) is 5.75 Å². The monoisotopic (exact) mass is 217 g/mol. The SMILES string of the molecule is Cc1cc(-c2cc(N)n[nH]2)c(C)c(C)c1O. The van der Waals surface area contributed by atoms with E-state index in [4.69, 9.17) is 5.73 Å². The number of nitrogen functional groups attached to an aromatic ring is 1. The summed E-state index contributed by atoms with van der Waals surface area (Å²) in [5.74, 6) is 0.825. The molecule has 0 amide bonds. The van der Waals surface area contributed by atoms with E-state index >= 15 is 0 Å². The molecule has 0 aliphatic carbocycles. The van der Waals surface area contributed by atoms with Gasteiger partial charge in [0.05, 0.1) is 5.69 Å². The summed E-state index contributed by atoms with van der Waals surface area (Å²) >= 11 is 0. The number of phenols is 1. The lowest BCUT2D eigenvalue weighted by molar-refractivity contribution is 0.466. The van der Waals surface area contributed by atoms with E-state index in [0.29, 0.717) is 11.6 Å². The van der Waals surface area contributed by atoms with Gasteiger partial charge in [-0.25, -0.2) is 0 Å². The number of aryl methyl sites for hydroxylation is 1. The summed E-state index contributed by atoms with van der Waals surface area (Å²) in [7, 11) is 0. The molecule has 0 unspecified atom stereocenters. The summed E-state index contributed by atoms with van der Waals surface area (Å²) < 4.78 is 0. The van der Waals surface area contributed by atoms with E-state index in [-0.39, 0.29) is 0 Å². The number of hydrogen-bond acceptors (Lipinski definition) is 3. The second-order valence-electron chi connectivity index (χ2n) is 4.05. The lowest BCUT2D eigenvalue weighted by Gasteiger charge is -2.11. The molecule has 1 aromatic heterocycles. The van der Waals surface area contributed by atoms with Crippen LogP contribution < -0.4 is 5.73 Å². The Hall–Kier alpha value is -1.97. The number of H-pyrrole nitrogens is 1. The molecule has 4 nitrogen and oxygen atoms in total. The first-order chi connectivity index (χ1) is 7.50. The van der Waals surface area contributed by atoms with Crippen molar-refractivity contribution >= 4 is 5.82 Å². The van der Waals surface area contributed by atoms with Gasteiger partial charge in [0.2, 0.25) is 0 Å². The normalized spacial score (nSPS) is 10.7. The van der Waals surface area contributed by atoms with E-state index in [2.05, 4.69) is 10.2 Å². The number of aromatic amines is 1. The van der Waals surface area contributed by atoms with Gasteiger partial charge in [0.25, 0.3) is 0 Å². The van der Waals surface area contributed by atoms with E-state index in [0.717, 1.165) is 27.9 Å². The van der Waals surface area contributed by atoms with Crippen LogP contribution in [0.25, 0.3) is 11.3 Å². The number of benzene rings is 1. The summed E-state index contributed by atoms with van der Waals surface area (Å²) in [6.07, 6.45) is 0. The highest BCUT2D eigenvalue weighted by Crippen LogP contribution is 2.32. The summed E-state index contributed by atoms with van der Waals surface area (Å²) in [5, 5.41) is 16.6. The maximum Gasteiger partial charge on any atom is 0.145 e. The zero-order valence-electron chi connectivity index (χ0n) is 9.63. The second-order valence-corrected chi connectivity index (χ2v) is 4.05. The van der Waals surface area contributed by atoms with Gasteiger partial charge in [0.15, 0.2) is 0 Å². The molecule has 0 saturated carbocycles. The molecule has 0 aliphatic rings. The first-order valence-corrected chi connectivity index (χ1v) is 5.11. The first kappa shape index (κ1) is 10.5. The molecule has 4 N–H and O–H groups in total. The van der Waals surface area contributed by atoms with Crippen molar-refractivity contribution in [2.45, 2.75) is 20.8 Å². The van der Waals surface area contributed by atoms with Crippen molar-refractivity contribution in [3.8, 4) is 17.0 Å². The third-order valence-corrected chi connectivity index (χ3v) is 2.94. The average molecular weight is 217 g/mol. The number of aromatic hydroxyl groups is 1. The fourth-order valence-electron chi connectivity index (χ4n) is 1.82. The molecule has 2 rings (SSSR count). The van der Waals surface area contributed by atoms with Gasteiger partial charge in [-0.2, -0.15) is 5.10 Å². The molecule has 0 aliphatic heterocycles. The molecule has 0 atom stereocenters. The predicted molar refractivity (Wildman–Crippen MR) is 64.3 cm³/mol. The van der Waals surface area contributed by atoms with Crippen molar-refractivity contribution in [2.24, 2.45) is 0 Å². The molecule has 0 bridgehead atoms. The molecule has 16 heavy (non-hydrogen) atoms. The Bertz CT molecular complexity index is 543. The highest BCUT2D eigenvalue weighted by molar-refractivity contribution is 5.70. The fourth-order valence-corrected chi connectivity index (χ4v) is 1.82. The molecule has 0 fully saturated rings. The molecule has 1 heterocycles. The quantitative estimate of drug-likeness (QED) is 0.686. The number of nitrogens with two attached hydrogens (primary N) is 1. The Morgan fingerprint density at radius 2 is 1.88 bits per heavy atom. The van der Waals surface area contributed by atoms with Crippen molar-refractivity contribution in [1.29, 1.82) is 0 Å². The molecule has 84 valence electrons. The average Bonchev–Trinajstić information content (AvgIpc) is 2.67. The maximum atomic E-state index is 9.81. The highest BCUT2D eigenvalue weighted by atomic mass is 16.3. The van der Waals surface area contributed by atoms with Gasteiger partial charge in [0.1, 0.15) is 11.6 Å². The van der Waals surface area contributed by atoms with Gasteiger partial charge in [-0.1, -0.05) is 0 Å². The fraction of sp³-hybridized carbons (Fsp3) is 0.250.